The second-order valence-corrected chi connectivity index (χ2v) is 9.81. The van der Waals surface area contributed by atoms with Crippen LogP contribution in [-0.4, -0.2) is 54.2 Å². The molecule has 2 aromatic heterocycles. The third kappa shape index (κ3) is 2.16. The molecule has 1 saturated carbocycles. The molecule has 132 valence electrons. The molecule has 2 aromatic rings. The molecule has 4 heterocycles. The van der Waals surface area contributed by atoms with Crippen molar-refractivity contribution in [3.8, 4) is 0 Å². The Morgan fingerprint density at radius 3 is 2.72 bits per heavy atom. The molecular weight excluding hydrogens is 341 g/mol. The molecule has 1 saturated heterocycles. The minimum atomic E-state index is -3.10. The van der Waals surface area contributed by atoms with E-state index in [1.54, 1.807) is 10.5 Å². The molecule has 0 aromatic carbocycles. The number of H-pyrrole nitrogens is 1. The van der Waals surface area contributed by atoms with E-state index in [4.69, 9.17) is 4.65 Å². The van der Waals surface area contributed by atoms with Gasteiger partial charge in [-0.2, -0.15) is 0 Å². The number of fused-ring (bicyclic) bond motifs is 4. The molecule has 2 aliphatic heterocycles. The highest BCUT2D eigenvalue weighted by molar-refractivity contribution is 7.88. The van der Waals surface area contributed by atoms with E-state index in [1.807, 2.05) is 12.3 Å². The Morgan fingerprint density at radius 1 is 1.32 bits per heavy atom. The maximum atomic E-state index is 11.7. The molecule has 0 bridgehead atoms. The SMILES string of the molecule is CS(=O)(=O)N1CC2(CCC3(CC2)OB(O)c2cnc4[nH]ccc4c23)C1. The van der Waals surface area contributed by atoms with Crippen molar-refractivity contribution < 1.29 is 18.1 Å². The highest BCUT2D eigenvalue weighted by atomic mass is 32.2. The van der Waals surface area contributed by atoms with Crippen LogP contribution in [0.1, 0.15) is 31.2 Å². The highest BCUT2D eigenvalue weighted by Crippen LogP contribution is 2.54. The van der Waals surface area contributed by atoms with Gasteiger partial charge in [0.2, 0.25) is 10.0 Å². The van der Waals surface area contributed by atoms with E-state index in [2.05, 4.69) is 9.97 Å². The number of nitrogens with one attached hydrogen (secondary N) is 1. The first-order chi connectivity index (χ1) is 11.8. The van der Waals surface area contributed by atoms with E-state index in [9.17, 15) is 13.4 Å². The first-order valence-corrected chi connectivity index (χ1v) is 10.4. The van der Waals surface area contributed by atoms with Crippen molar-refractivity contribution in [3.63, 3.8) is 0 Å². The lowest BCUT2D eigenvalue weighted by molar-refractivity contribution is -0.0594. The summed E-state index contributed by atoms with van der Waals surface area (Å²) in [6.45, 7) is 1.21. The van der Waals surface area contributed by atoms with Crippen molar-refractivity contribution in [1.82, 2.24) is 14.3 Å². The molecule has 0 radical (unpaired) electrons. The van der Waals surface area contributed by atoms with Gasteiger partial charge in [0.1, 0.15) is 5.65 Å². The van der Waals surface area contributed by atoms with E-state index in [0.717, 1.165) is 47.7 Å². The fourth-order valence-electron chi connectivity index (χ4n) is 4.86. The number of rotatable bonds is 1. The fraction of sp³-hybridized carbons (Fsp3) is 0.562. The molecule has 5 rings (SSSR count). The van der Waals surface area contributed by atoms with E-state index >= 15 is 0 Å². The Morgan fingerprint density at radius 2 is 2.04 bits per heavy atom. The summed E-state index contributed by atoms with van der Waals surface area (Å²) in [5.41, 5.74) is 2.20. The summed E-state index contributed by atoms with van der Waals surface area (Å²) in [5, 5.41) is 11.4. The normalized spacial score (nSPS) is 24.8. The lowest BCUT2D eigenvalue weighted by Crippen LogP contribution is -2.60. The number of aromatic amines is 1. The van der Waals surface area contributed by atoms with Crippen molar-refractivity contribution in [2.75, 3.05) is 19.3 Å². The summed E-state index contributed by atoms with van der Waals surface area (Å²) in [6, 6.07) is 1.99. The van der Waals surface area contributed by atoms with Crippen LogP contribution in [0.25, 0.3) is 11.0 Å². The Kier molecular flexibility index (Phi) is 3.07. The van der Waals surface area contributed by atoms with Crippen molar-refractivity contribution in [2.24, 2.45) is 5.41 Å². The summed E-state index contributed by atoms with van der Waals surface area (Å²) in [5.74, 6) is 0. The average molecular weight is 361 g/mol. The summed E-state index contributed by atoms with van der Waals surface area (Å²) in [7, 11) is -4.04. The van der Waals surface area contributed by atoms with Gasteiger partial charge in [-0.05, 0) is 42.7 Å². The van der Waals surface area contributed by atoms with Crippen molar-refractivity contribution >= 4 is 33.6 Å². The minimum absolute atomic E-state index is 0.0652. The molecule has 2 spiro atoms. The van der Waals surface area contributed by atoms with Gasteiger partial charge in [0.15, 0.2) is 0 Å². The molecule has 25 heavy (non-hydrogen) atoms. The number of sulfonamides is 1. The molecule has 0 unspecified atom stereocenters. The molecule has 0 amide bonds. The van der Waals surface area contributed by atoms with Crippen LogP contribution in [0.3, 0.4) is 0 Å². The van der Waals surface area contributed by atoms with Crippen molar-refractivity contribution in [1.29, 1.82) is 0 Å². The lowest BCUT2D eigenvalue weighted by atomic mass is 9.63. The Balaban J connectivity index is 1.46. The third-order valence-electron chi connectivity index (χ3n) is 6.29. The molecule has 2 N–H and O–H groups in total. The number of hydrogen-bond acceptors (Lipinski definition) is 5. The molecule has 1 aliphatic carbocycles. The van der Waals surface area contributed by atoms with Gasteiger partial charge in [-0.15, -0.1) is 0 Å². The molecule has 7 nitrogen and oxygen atoms in total. The summed E-state index contributed by atoms with van der Waals surface area (Å²) in [4.78, 5) is 7.49. The largest absolute Gasteiger partial charge is 0.493 e. The summed E-state index contributed by atoms with van der Waals surface area (Å²) < 4.78 is 31.0. The Hall–Kier alpha value is -1.42. The van der Waals surface area contributed by atoms with E-state index in [1.165, 1.54) is 6.26 Å². The molecule has 9 heteroatoms. The molecule has 3 aliphatic rings. The minimum Gasteiger partial charge on any atom is -0.423 e. The standard InChI is InChI=1S/C16H20BN3O4S/c1-25(22,23)20-9-15(10-20)3-5-16(6-4-15)13-11-2-7-18-14(11)19-8-12(13)17(21)24-16/h2,7-8,21H,3-6,9-10H2,1H3,(H,18,19). The van der Waals surface area contributed by atoms with E-state index < -0.39 is 22.7 Å². The monoisotopic (exact) mass is 361 g/mol. The van der Waals surface area contributed by atoms with Crippen LogP contribution in [0.4, 0.5) is 0 Å². The maximum Gasteiger partial charge on any atom is 0.493 e. The summed E-state index contributed by atoms with van der Waals surface area (Å²) in [6.07, 6.45) is 8.21. The van der Waals surface area contributed by atoms with Crippen LogP contribution < -0.4 is 5.46 Å². The second-order valence-electron chi connectivity index (χ2n) is 7.82. The van der Waals surface area contributed by atoms with Gasteiger partial charge in [0.05, 0.1) is 11.9 Å². The molecular formula is C16H20BN3O4S. The van der Waals surface area contributed by atoms with Crippen LogP contribution in [-0.2, 0) is 20.3 Å². The smallest absolute Gasteiger partial charge is 0.423 e. The van der Waals surface area contributed by atoms with Crippen molar-refractivity contribution in [2.45, 2.75) is 31.3 Å². The number of nitrogens with zero attached hydrogens (tertiary/aromatic N) is 2. The number of pyridine rings is 1. The number of aromatic nitrogens is 2. The van der Waals surface area contributed by atoms with Gasteiger partial charge in [0, 0.05) is 36.3 Å². The second kappa shape index (κ2) is 4.85. The molecule has 2 fully saturated rings. The zero-order valence-corrected chi connectivity index (χ0v) is 14.8. The van der Waals surface area contributed by atoms with Crippen LogP contribution >= 0.6 is 0 Å². The fourth-order valence-corrected chi connectivity index (χ4v) is 5.88. The van der Waals surface area contributed by atoms with Gasteiger partial charge >= 0.3 is 7.12 Å². The quantitative estimate of drug-likeness (QED) is 0.713. The molecule has 0 atom stereocenters. The predicted molar refractivity (Wildman–Crippen MR) is 93.8 cm³/mol. The topological polar surface area (TPSA) is 95.5 Å². The Bertz CT molecular complexity index is 957. The maximum absolute atomic E-state index is 11.7. The van der Waals surface area contributed by atoms with Gasteiger partial charge in [-0.1, -0.05) is 0 Å². The highest BCUT2D eigenvalue weighted by Gasteiger charge is 2.56. The zero-order chi connectivity index (χ0) is 17.4. The van der Waals surface area contributed by atoms with Crippen LogP contribution in [0, 0.1) is 5.41 Å². The first-order valence-electron chi connectivity index (χ1n) is 8.60. The zero-order valence-electron chi connectivity index (χ0n) is 14.0. The van der Waals surface area contributed by atoms with E-state index in [0.29, 0.717) is 13.1 Å². The van der Waals surface area contributed by atoms with Gasteiger partial charge in [0.25, 0.3) is 0 Å². The van der Waals surface area contributed by atoms with Gasteiger partial charge < -0.3 is 14.7 Å². The van der Waals surface area contributed by atoms with Crippen LogP contribution in [0.2, 0.25) is 0 Å². The average Bonchev–Trinajstić information content (AvgIpc) is 3.08. The van der Waals surface area contributed by atoms with Crippen LogP contribution in [0.5, 0.6) is 0 Å². The van der Waals surface area contributed by atoms with Gasteiger partial charge in [-0.25, -0.2) is 17.7 Å². The Labute approximate surface area is 146 Å². The van der Waals surface area contributed by atoms with Crippen LogP contribution in [0.15, 0.2) is 18.5 Å². The van der Waals surface area contributed by atoms with Gasteiger partial charge in [-0.3, -0.25) is 0 Å². The van der Waals surface area contributed by atoms with E-state index in [-0.39, 0.29) is 5.41 Å². The lowest BCUT2D eigenvalue weighted by Gasteiger charge is -2.54. The van der Waals surface area contributed by atoms with Crippen molar-refractivity contribution in [3.05, 3.63) is 24.0 Å². The third-order valence-corrected chi connectivity index (χ3v) is 7.48. The number of hydrogen-bond donors (Lipinski definition) is 2. The summed E-state index contributed by atoms with van der Waals surface area (Å²) >= 11 is 0. The predicted octanol–water partition coefficient (Wildman–Crippen LogP) is 0.312. The first kappa shape index (κ1) is 15.8.